The van der Waals surface area contributed by atoms with Gasteiger partial charge < -0.3 is 4.74 Å². The highest BCUT2D eigenvalue weighted by Gasteiger charge is 2.18. The van der Waals surface area contributed by atoms with Gasteiger partial charge in [-0.25, -0.2) is 4.79 Å². The van der Waals surface area contributed by atoms with Crippen LogP contribution in [0.3, 0.4) is 0 Å². The zero-order valence-corrected chi connectivity index (χ0v) is 10.3. The van der Waals surface area contributed by atoms with Crippen LogP contribution in [0.5, 0.6) is 0 Å². The molecule has 1 rings (SSSR count). The molecule has 0 N–H and O–H groups in total. The fourth-order valence-electron chi connectivity index (χ4n) is 1.42. The third-order valence-corrected chi connectivity index (χ3v) is 2.64. The smallest absolute Gasteiger partial charge is 0.338 e. The van der Waals surface area contributed by atoms with Crippen molar-refractivity contribution in [2.45, 2.75) is 19.7 Å². The van der Waals surface area contributed by atoms with E-state index in [0.29, 0.717) is 11.1 Å². The second-order valence-electron chi connectivity index (χ2n) is 3.39. The standard InChI is InChI=1S/C11H12ClNO4/c1-3-17-11(14)10-5-9(13(15)16)4-8(6-12)7(10)2/h4-5H,3,6H2,1-2H3. The Morgan fingerprint density at radius 3 is 2.65 bits per heavy atom. The van der Waals surface area contributed by atoms with Crippen molar-refractivity contribution >= 4 is 23.3 Å². The van der Waals surface area contributed by atoms with E-state index in [1.165, 1.54) is 12.1 Å². The Labute approximate surface area is 103 Å². The van der Waals surface area contributed by atoms with Crippen molar-refractivity contribution in [3.8, 4) is 0 Å². The molecular formula is C11H12ClNO4. The Hall–Kier alpha value is -1.62. The highest BCUT2D eigenvalue weighted by molar-refractivity contribution is 6.17. The van der Waals surface area contributed by atoms with Gasteiger partial charge in [-0.1, -0.05) is 0 Å². The van der Waals surface area contributed by atoms with Crippen molar-refractivity contribution in [1.29, 1.82) is 0 Å². The van der Waals surface area contributed by atoms with Crippen LogP contribution in [0.4, 0.5) is 5.69 Å². The number of carbonyl (C=O) groups excluding carboxylic acids is 1. The van der Waals surface area contributed by atoms with Gasteiger partial charge in [-0.3, -0.25) is 10.1 Å². The van der Waals surface area contributed by atoms with Gasteiger partial charge >= 0.3 is 5.97 Å². The fourth-order valence-corrected chi connectivity index (χ4v) is 1.70. The molecule has 0 amide bonds. The topological polar surface area (TPSA) is 69.4 Å². The Bertz CT molecular complexity index is 459. The van der Waals surface area contributed by atoms with Gasteiger partial charge in [0.2, 0.25) is 0 Å². The van der Waals surface area contributed by atoms with Crippen LogP contribution in [-0.2, 0) is 10.6 Å². The van der Waals surface area contributed by atoms with Gasteiger partial charge in [0.25, 0.3) is 5.69 Å². The lowest BCUT2D eigenvalue weighted by Crippen LogP contribution is -2.09. The molecule has 0 saturated carbocycles. The first-order valence-corrected chi connectivity index (χ1v) is 5.55. The maximum absolute atomic E-state index is 11.6. The lowest BCUT2D eigenvalue weighted by Gasteiger charge is -2.08. The molecule has 0 aliphatic carbocycles. The Balaban J connectivity index is 3.32. The van der Waals surface area contributed by atoms with Gasteiger partial charge in [0.1, 0.15) is 0 Å². The molecule has 0 fully saturated rings. The molecule has 0 heterocycles. The minimum absolute atomic E-state index is 0.111. The van der Waals surface area contributed by atoms with Gasteiger partial charge in [0, 0.05) is 18.0 Å². The minimum atomic E-state index is -0.569. The summed E-state index contributed by atoms with van der Waals surface area (Å²) in [6, 6.07) is 2.58. The Morgan fingerprint density at radius 2 is 2.18 bits per heavy atom. The van der Waals surface area contributed by atoms with E-state index in [4.69, 9.17) is 16.3 Å². The second-order valence-corrected chi connectivity index (χ2v) is 3.66. The third-order valence-electron chi connectivity index (χ3n) is 2.35. The lowest BCUT2D eigenvalue weighted by molar-refractivity contribution is -0.385. The molecule has 0 unspecified atom stereocenters. The van der Waals surface area contributed by atoms with Gasteiger partial charge in [0.05, 0.1) is 17.1 Å². The number of nitro groups is 1. The number of alkyl halides is 1. The molecule has 0 aliphatic rings. The van der Waals surface area contributed by atoms with Crippen molar-refractivity contribution in [3.05, 3.63) is 38.9 Å². The van der Waals surface area contributed by atoms with E-state index in [2.05, 4.69) is 0 Å². The van der Waals surface area contributed by atoms with E-state index in [1.807, 2.05) is 0 Å². The van der Waals surface area contributed by atoms with E-state index in [1.54, 1.807) is 13.8 Å². The predicted octanol–water partition coefficient (Wildman–Crippen LogP) is 2.82. The highest BCUT2D eigenvalue weighted by atomic mass is 35.5. The lowest BCUT2D eigenvalue weighted by atomic mass is 10.0. The largest absolute Gasteiger partial charge is 0.462 e. The summed E-state index contributed by atoms with van der Waals surface area (Å²) in [5.41, 5.74) is 1.21. The summed E-state index contributed by atoms with van der Waals surface area (Å²) in [6.07, 6.45) is 0. The van der Waals surface area contributed by atoms with Crippen LogP contribution < -0.4 is 0 Å². The van der Waals surface area contributed by atoms with E-state index in [0.717, 1.165) is 0 Å². The van der Waals surface area contributed by atoms with E-state index in [-0.39, 0.29) is 23.7 Å². The Morgan fingerprint density at radius 1 is 1.53 bits per heavy atom. The van der Waals surface area contributed by atoms with E-state index in [9.17, 15) is 14.9 Å². The average Bonchev–Trinajstić information content (AvgIpc) is 2.29. The number of halogens is 1. The fraction of sp³-hybridized carbons (Fsp3) is 0.364. The van der Waals surface area contributed by atoms with Gasteiger partial charge in [-0.05, 0) is 25.0 Å². The first-order chi connectivity index (χ1) is 8.01. The minimum Gasteiger partial charge on any atom is -0.462 e. The number of nitro benzene ring substituents is 1. The van der Waals surface area contributed by atoms with Crippen LogP contribution in [0.25, 0.3) is 0 Å². The monoisotopic (exact) mass is 257 g/mol. The van der Waals surface area contributed by atoms with Crippen LogP contribution in [0.2, 0.25) is 0 Å². The highest BCUT2D eigenvalue weighted by Crippen LogP contribution is 2.24. The summed E-state index contributed by atoms with van der Waals surface area (Å²) in [7, 11) is 0. The third kappa shape index (κ3) is 2.94. The summed E-state index contributed by atoms with van der Waals surface area (Å²) >= 11 is 5.69. The summed E-state index contributed by atoms with van der Waals surface area (Å²) in [6.45, 7) is 3.58. The van der Waals surface area contributed by atoms with Crippen LogP contribution in [0.1, 0.15) is 28.4 Å². The van der Waals surface area contributed by atoms with Crippen LogP contribution in [0.15, 0.2) is 12.1 Å². The van der Waals surface area contributed by atoms with Crippen molar-refractivity contribution < 1.29 is 14.5 Å². The molecular weight excluding hydrogens is 246 g/mol. The number of rotatable bonds is 4. The summed E-state index contributed by atoms with van der Waals surface area (Å²) in [4.78, 5) is 21.8. The molecule has 0 saturated heterocycles. The number of esters is 1. The number of non-ortho nitro benzene ring substituents is 1. The molecule has 92 valence electrons. The number of benzene rings is 1. The molecule has 5 nitrogen and oxygen atoms in total. The molecule has 17 heavy (non-hydrogen) atoms. The first kappa shape index (κ1) is 13.4. The SMILES string of the molecule is CCOC(=O)c1cc([N+](=O)[O-])cc(CCl)c1C. The van der Waals surface area contributed by atoms with Crippen LogP contribution >= 0.6 is 11.6 Å². The van der Waals surface area contributed by atoms with Gasteiger partial charge in [-0.2, -0.15) is 0 Å². The molecule has 0 atom stereocenters. The van der Waals surface area contributed by atoms with Crippen LogP contribution in [-0.4, -0.2) is 17.5 Å². The quantitative estimate of drug-likeness (QED) is 0.360. The molecule has 0 aliphatic heterocycles. The number of carbonyl (C=O) groups is 1. The van der Waals surface area contributed by atoms with Crippen molar-refractivity contribution in [2.24, 2.45) is 0 Å². The molecule has 1 aromatic carbocycles. The number of hydrogen-bond acceptors (Lipinski definition) is 4. The van der Waals surface area contributed by atoms with Crippen molar-refractivity contribution in [2.75, 3.05) is 6.61 Å². The van der Waals surface area contributed by atoms with Crippen molar-refractivity contribution in [3.63, 3.8) is 0 Å². The van der Waals surface area contributed by atoms with E-state index >= 15 is 0 Å². The molecule has 0 spiro atoms. The normalized spacial score (nSPS) is 10.1. The first-order valence-electron chi connectivity index (χ1n) is 5.02. The van der Waals surface area contributed by atoms with Crippen LogP contribution in [0, 0.1) is 17.0 Å². The second kappa shape index (κ2) is 5.63. The molecule has 0 aromatic heterocycles. The zero-order chi connectivity index (χ0) is 13.0. The summed E-state index contributed by atoms with van der Waals surface area (Å²) in [5.74, 6) is -0.458. The van der Waals surface area contributed by atoms with Gasteiger partial charge in [-0.15, -0.1) is 11.6 Å². The molecule has 1 aromatic rings. The average molecular weight is 258 g/mol. The Kier molecular flexibility index (Phi) is 4.45. The summed E-state index contributed by atoms with van der Waals surface area (Å²) in [5, 5.41) is 10.7. The molecule has 6 heteroatoms. The maximum atomic E-state index is 11.6. The zero-order valence-electron chi connectivity index (χ0n) is 9.53. The molecule has 0 radical (unpaired) electrons. The predicted molar refractivity (Wildman–Crippen MR) is 63.3 cm³/mol. The van der Waals surface area contributed by atoms with Crippen molar-refractivity contribution in [1.82, 2.24) is 0 Å². The number of ether oxygens (including phenoxy) is 1. The number of nitrogens with zero attached hydrogens (tertiary/aromatic N) is 1. The van der Waals surface area contributed by atoms with E-state index < -0.39 is 10.9 Å². The number of hydrogen-bond donors (Lipinski definition) is 0. The summed E-state index contributed by atoms with van der Waals surface area (Å²) < 4.78 is 4.84. The maximum Gasteiger partial charge on any atom is 0.338 e. The molecule has 0 bridgehead atoms. The van der Waals surface area contributed by atoms with Gasteiger partial charge in [0.15, 0.2) is 0 Å².